The normalized spacial score (nSPS) is 10.4. The van der Waals surface area contributed by atoms with E-state index in [0.29, 0.717) is 6.54 Å². The highest BCUT2D eigenvalue weighted by molar-refractivity contribution is 9.10. The number of rotatable bonds is 4. The van der Waals surface area contributed by atoms with E-state index in [2.05, 4.69) is 69.8 Å². The summed E-state index contributed by atoms with van der Waals surface area (Å²) < 4.78 is 6.21. The fourth-order valence-corrected chi connectivity index (χ4v) is 2.39. The summed E-state index contributed by atoms with van der Waals surface area (Å²) in [6, 6.07) is 22.6. The Kier molecular flexibility index (Phi) is 3.88. The predicted octanol–water partition coefficient (Wildman–Crippen LogP) is 5.32. The Morgan fingerprint density at radius 3 is 2.15 bits per heavy atom. The predicted molar refractivity (Wildman–Crippen MR) is 85.6 cm³/mol. The van der Waals surface area contributed by atoms with Crippen molar-refractivity contribution in [2.45, 2.75) is 6.54 Å². The van der Waals surface area contributed by atoms with Crippen LogP contribution in [0.2, 0.25) is 0 Å². The van der Waals surface area contributed by atoms with Crippen LogP contribution in [-0.4, -0.2) is 0 Å². The topological polar surface area (TPSA) is 25.2 Å². The van der Waals surface area contributed by atoms with Crippen molar-refractivity contribution in [2.75, 3.05) is 5.32 Å². The van der Waals surface area contributed by atoms with E-state index >= 15 is 0 Å². The summed E-state index contributed by atoms with van der Waals surface area (Å²) in [5.74, 6) is 0.906. The molecule has 100 valence electrons. The molecule has 2 nitrogen and oxygen atoms in total. The fourth-order valence-electron chi connectivity index (χ4n) is 2.05. The van der Waals surface area contributed by atoms with Gasteiger partial charge in [0.25, 0.3) is 0 Å². The van der Waals surface area contributed by atoms with E-state index in [1.54, 1.807) is 0 Å². The lowest BCUT2D eigenvalue weighted by Gasteiger charge is -2.06. The van der Waals surface area contributed by atoms with Crippen LogP contribution in [-0.2, 0) is 6.54 Å². The third-order valence-electron chi connectivity index (χ3n) is 3.09. The Hall–Kier alpha value is -2.00. The molecule has 2 aromatic carbocycles. The third-order valence-corrected chi connectivity index (χ3v) is 3.51. The van der Waals surface area contributed by atoms with Crippen LogP contribution in [0.3, 0.4) is 0 Å². The van der Waals surface area contributed by atoms with Gasteiger partial charge in [0.1, 0.15) is 5.76 Å². The van der Waals surface area contributed by atoms with Gasteiger partial charge in [0.2, 0.25) is 0 Å². The molecule has 0 amide bonds. The minimum atomic E-state index is 0.677. The van der Waals surface area contributed by atoms with Gasteiger partial charge in [-0.3, -0.25) is 0 Å². The van der Waals surface area contributed by atoms with E-state index in [1.165, 1.54) is 11.1 Å². The number of hydrogen-bond donors (Lipinski definition) is 1. The molecule has 0 aliphatic carbocycles. The molecule has 3 aromatic rings. The molecule has 1 aromatic heterocycles. The molecular weight excluding hydrogens is 314 g/mol. The first-order valence-electron chi connectivity index (χ1n) is 6.45. The number of furan rings is 1. The number of anilines is 1. The smallest absolute Gasteiger partial charge is 0.169 e. The number of halogens is 1. The Morgan fingerprint density at radius 2 is 1.50 bits per heavy atom. The summed E-state index contributed by atoms with van der Waals surface area (Å²) in [6.45, 7) is 0.677. The molecule has 1 N–H and O–H groups in total. The molecular formula is C17H14BrNO. The molecule has 0 bridgehead atoms. The Labute approximate surface area is 126 Å². The van der Waals surface area contributed by atoms with Gasteiger partial charge in [-0.25, -0.2) is 0 Å². The Balaban J connectivity index is 1.67. The molecule has 0 aliphatic heterocycles. The summed E-state index contributed by atoms with van der Waals surface area (Å²) in [4.78, 5) is 0. The van der Waals surface area contributed by atoms with E-state index in [4.69, 9.17) is 4.42 Å². The van der Waals surface area contributed by atoms with Crippen molar-refractivity contribution in [1.82, 2.24) is 0 Å². The van der Waals surface area contributed by atoms with Gasteiger partial charge < -0.3 is 9.73 Å². The molecule has 0 radical (unpaired) electrons. The summed E-state index contributed by atoms with van der Waals surface area (Å²) in [6.07, 6.45) is 0. The average molecular weight is 328 g/mol. The molecule has 1 heterocycles. The van der Waals surface area contributed by atoms with E-state index in [1.807, 2.05) is 18.2 Å². The zero-order chi connectivity index (χ0) is 13.8. The summed E-state index contributed by atoms with van der Waals surface area (Å²) in [5, 5.41) is 3.34. The SMILES string of the molecule is Brc1ccc(CNc2ccc(-c3ccccc3)cc2)o1. The van der Waals surface area contributed by atoms with Crippen molar-refractivity contribution >= 4 is 21.6 Å². The minimum absolute atomic E-state index is 0.677. The maximum absolute atomic E-state index is 5.45. The van der Waals surface area contributed by atoms with Crippen LogP contribution in [0.25, 0.3) is 11.1 Å². The van der Waals surface area contributed by atoms with E-state index in [9.17, 15) is 0 Å². The van der Waals surface area contributed by atoms with Crippen LogP contribution < -0.4 is 5.32 Å². The van der Waals surface area contributed by atoms with Gasteiger partial charge in [-0.1, -0.05) is 42.5 Å². The van der Waals surface area contributed by atoms with Crippen LogP contribution in [0, 0.1) is 0 Å². The monoisotopic (exact) mass is 327 g/mol. The third kappa shape index (κ3) is 3.11. The van der Waals surface area contributed by atoms with Crippen LogP contribution in [0.1, 0.15) is 5.76 Å². The maximum atomic E-state index is 5.45. The molecule has 0 saturated carbocycles. The minimum Gasteiger partial charge on any atom is -0.452 e. The lowest BCUT2D eigenvalue weighted by molar-refractivity contribution is 0.495. The summed E-state index contributed by atoms with van der Waals surface area (Å²) >= 11 is 3.30. The van der Waals surface area contributed by atoms with Gasteiger partial charge >= 0.3 is 0 Å². The van der Waals surface area contributed by atoms with E-state index in [-0.39, 0.29) is 0 Å². The van der Waals surface area contributed by atoms with Crippen molar-refractivity contribution in [3.05, 3.63) is 77.2 Å². The average Bonchev–Trinajstić information content (AvgIpc) is 2.92. The van der Waals surface area contributed by atoms with Gasteiger partial charge in [0.05, 0.1) is 6.54 Å². The largest absolute Gasteiger partial charge is 0.452 e. The Morgan fingerprint density at radius 1 is 0.800 bits per heavy atom. The second-order valence-corrected chi connectivity index (χ2v) is 5.28. The lowest BCUT2D eigenvalue weighted by Crippen LogP contribution is -1.97. The molecule has 20 heavy (non-hydrogen) atoms. The molecule has 0 atom stereocenters. The zero-order valence-corrected chi connectivity index (χ0v) is 12.4. The maximum Gasteiger partial charge on any atom is 0.169 e. The first-order chi connectivity index (χ1) is 9.81. The highest BCUT2D eigenvalue weighted by Gasteiger charge is 2.00. The van der Waals surface area contributed by atoms with Crippen LogP contribution >= 0.6 is 15.9 Å². The van der Waals surface area contributed by atoms with Crippen LogP contribution in [0.4, 0.5) is 5.69 Å². The molecule has 3 rings (SSSR count). The number of hydrogen-bond acceptors (Lipinski definition) is 2. The summed E-state index contributed by atoms with van der Waals surface area (Å²) in [5.41, 5.74) is 3.53. The van der Waals surface area contributed by atoms with Gasteiger partial charge in [-0.2, -0.15) is 0 Å². The second-order valence-electron chi connectivity index (χ2n) is 4.50. The molecule has 0 fully saturated rings. The molecule has 0 aliphatic rings. The Bertz CT molecular complexity index is 674. The molecule has 0 unspecified atom stereocenters. The van der Waals surface area contributed by atoms with Crippen molar-refractivity contribution in [3.8, 4) is 11.1 Å². The second kappa shape index (κ2) is 5.97. The first-order valence-corrected chi connectivity index (χ1v) is 7.24. The number of benzene rings is 2. The van der Waals surface area contributed by atoms with Gasteiger partial charge in [0, 0.05) is 5.69 Å². The highest BCUT2D eigenvalue weighted by atomic mass is 79.9. The highest BCUT2D eigenvalue weighted by Crippen LogP contribution is 2.21. The van der Waals surface area contributed by atoms with Crippen molar-refractivity contribution < 1.29 is 4.42 Å². The van der Waals surface area contributed by atoms with E-state index in [0.717, 1.165) is 16.1 Å². The molecule has 0 spiro atoms. The zero-order valence-electron chi connectivity index (χ0n) is 10.8. The van der Waals surface area contributed by atoms with Gasteiger partial charge in [-0.15, -0.1) is 0 Å². The van der Waals surface area contributed by atoms with Gasteiger partial charge in [-0.05, 0) is 51.3 Å². The fraction of sp³-hybridized carbons (Fsp3) is 0.0588. The first kappa shape index (κ1) is 13.0. The standard InChI is InChI=1S/C17H14BrNO/c18-17-11-10-16(20-17)12-19-15-8-6-14(7-9-15)13-4-2-1-3-5-13/h1-11,19H,12H2. The van der Waals surface area contributed by atoms with E-state index < -0.39 is 0 Å². The lowest BCUT2D eigenvalue weighted by atomic mass is 10.1. The van der Waals surface area contributed by atoms with Crippen LogP contribution in [0.5, 0.6) is 0 Å². The van der Waals surface area contributed by atoms with Crippen molar-refractivity contribution in [3.63, 3.8) is 0 Å². The number of nitrogens with one attached hydrogen (secondary N) is 1. The summed E-state index contributed by atoms with van der Waals surface area (Å²) in [7, 11) is 0. The van der Waals surface area contributed by atoms with Crippen molar-refractivity contribution in [1.29, 1.82) is 0 Å². The molecule has 3 heteroatoms. The van der Waals surface area contributed by atoms with Gasteiger partial charge in [0.15, 0.2) is 4.67 Å². The van der Waals surface area contributed by atoms with Crippen LogP contribution in [0.15, 0.2) is 75.8 Å². The van der Waals surface area contributed by atoms with Crippen molar-refractivity contribution in [2.24, 2.45) is 0 Å². The quantitative estimate of drug-likeness (QED) is 0.701. The molecule has 0 saturated heterocycles.